The minimum absolute atomic E-state index is 0.0149. The van der Waals surface area contributed by atoms with Gasteiger partial charge in [-0.1, -0.05) is 23.5 Å². The number of methoxy groups -OCH3 is 1. The van der Waals surface area contributed by atoms with E-state index in [1.165, 1.54) is 18.3 Å². The van der Waals surface area contributed by atoms with Gasteiger partial charge in [0.25, 0.3) is 5.91 Å². The number of aromatic nitrogens is 1. The number of benzene rings is 2. The topological polar surface area (TPSA) is 74.8 Å². The molecule has 0 spiro atoms. The van der Waals surface area contributed by atoms with E-state index in [1.54, 1.807) is 13.2 Å². The summed E-state index contributed by atoms with van der Waals surface area (Å²) in [6.45, 7) is 4.25. The Morgan fingerprint density at radius 3 is 2.59 bits per heavy atom. The van der Waals surface area contributed by atoms with E-state index in [0.29, 0.717) is 23.8 Å². The smallest absolute Gasteiger partial charge is 0.254 e. The normalized spacial score (nSPS) is 14.1. The van der Waals surface area contributed by atoms with E-state index in [9.17, 15) is 9.59 Å². The molecular weight excluding hydrogens is 388 g/mol. The van der Waals surface area contributed by atoms with Crippen LogP contribution in [-0.4, -0.2) is 55.0 Å². The maximum Gasteiger partial charge on any atom is 0.254 e. The zero-order chi connectivity index (χ0) is 20.4. The zero-order valence-electron chi connectivity index (χ0n) is 16.3. The lowest BCUT2D eigenvalue weighted by Crippen LogP contribution is -2.48. The predicted octanol–water partition coefficient (Wildman–Crippen LogP) is 3.23. The molecule has 0 unspecified atom stereocenters. The molecule has 2 aromatic carbocycles. The van der Waals surface area contributed by atoms with E-state index in [1.807, 2.05) is 41.3 Å². The minimum Gasteiger partial charge on any atom is -0.495 e. The molecule has 1 saturated heterocycles. The fourth-order valence-electron chi connectivity index (χ4n) is 3.49. The molecule has 1 aliphatic rings. The molecule has 1 fully saturated rings. The number of ether oxygens (including phenoxy) is 1. The highest BCUT2D eigenvalue weighted by Gasteiger charge is 2.24. The van der Waals surface area contributed by atoms with Gasteiger partial charge in [-0.25, -0.2) is 4.98 Å². The van der Waals surface area contributed by atoms with Crippen LogP contribution in [0.3, 0.4) is 0 Å². The SMILES string of the molecule is COc1ccccc1N1CCN(C(=O)c2ccc3nc(NC(C)=O)sc3c2)CC1. The second kappa shape index (κ2) is 8.08. The molecule has 0 aliphatic carbocycles. The highest BCUT2D eigenvalue weighted by atomic mass is 32.1. The summed E-state index contributed by atoms with van der Waals surface area (Å²) in [6.07, 6.45) is 0. The highest BCUT2D eigenvalue weighted by molar-refractivity contribution is 7.22. The Balaban J connectivity index is 1.46. The second-order valence-electron chi connectivity index (χ2n) is 6.83. The van der Waals surface area contributed by atoms with E-state index in [-0.39, 0.29) is 11.8 Å². The molecule has 1 aromatic heterocycles. The van der Waals surface area contributed by atoms with Crippen LogP contribution < -0.4 is 15.0 Å². The van der Waals surface area contributed by atoms with Gasteiger partial charge < -0.3 is 19.9 Å². The Morgan fingerprint density at radius 1 is 1.10 bits per heavy atom. The van der Waals surface area contributed by atoms with E-state index < -0.39 is 0 Å². The number of amides is 2. The molecule has 1 N–H and O–H groups in total. The van der Waals surface area contributed by atoms with Gasteiger partial charge in [0.1, 0.15) is 5.75 Å². The van der Waals surface area contributed by atoms with Gasteiger partial charge in [-0.2, -0.15) is 0 Å². The number of carbonyl (C=O) groups is 2. The lowest BCUT2D eigenvalue weighted by atomic mass is 10.1. The summed E-state index contributed by atoms with van der Waals surface area (Å²) in [5.74, 6) is 0.701. The summed E-state index contributed by atoms with van der Waals surface area (Å²) < 4.78 is 6.34. The first-order valence-electron chi connectivity index (χ1n) is 9.40. The van der Waals surface area contributed by atoms with Crippen molar-refractivity contribution in [2.24, 2.45) is 0 Å². The number of carbonyl (C=O) groups excluding carboxylic acids is 2. The van der Waals surface area contributed by atoms with Crippen LogP contribution in [0, 0.1) is 0 Å². The number of anilines is 2. The van der Waals surface area contributed by atoms with Crippen LogP contribution in [0.4, 0.5) is 10.8 Å². The van der Waals surface area contributed by atoms with Gasteiger partial charge in [-0.3, -0.25) is 9.59 Å². The van der Waals surface area contributed by atoms with E-state index in [2.05, 4.69) is 15.2 Å². The van der Waals surface area contributed by atoms with Crippen molar-refractivity contribution in [2.75, 3.05) is 43.5 Å². The number of nitrogens with zero attached hydrogens (tertiary/aromatic N) is 3. The van der Waals surface area contributed by atoms with Crippen LogP contribution in [-0.2, 0) is 4.79 Å². The number of nitrogens with one attached hydrogen (secondary N) is 1. The van der Waals surface area contributed by atoms with Crippen LogP contribution in [0.5, 0.6) is 5.75 Å². The molecule has 4 rings (SSSR count). The highest BCUT2D eigenvalue weighted by Crippen LogP contribution is 2.29. The molecule has 0 atom stereocenters. The quantitative estimate of drug-likeness (QED) is 0.715. The van der Waals surface area contributed by atoms with Crippen molar-refractivity contribution in [2.45, 2.75) is 6.92 Å². The third kappa shape index (κ3) is 4.02. The maximum absolute atomic E-state index is 13.0. The average molecular weight is 410 g/mol. The fraction of sp³-hybridized carbons (Fsp3) is 0.286. The van der Waals surface area contributed by atoms with E-state index in [0.717, 1.165) is 34.7 Å². The molecule has 0 bridgehead atoms. The molecule has 0 radical (unpaired) electrons. The third-order valence-electron chi connectivity index (χ3n) is 4.91. The molecule has 0 saturated carbocycles. The Labute approximate surface area is 172 Å². The van der Waals surface area contributed by atoms with Crippen molar-refractivity contribution < 1.29 is 14.3 Å². The van der Waals surface area contributed by atoms with Gasteiger partial charge in [-0.05, 0) is 30.3 Å². The number of hydrogen-bond acceptors (Lipinski definition) is 6. The molecule has 3 aromatic rings. The van der Waals surface area contributed by atoms with Gasteiger partial charge in [0.15, 0.2) is 5.13 Å². The maximum atomic E-state index is 13.0. The first kappa shape index (κ1) is 19.2. The van der Waals surface area contributed by atoms with Crippen molar-refractivity contribution in [1.82, 2.24) is 9.88 Å². The summed E-state index contributed by atoms with van der Waals surface area (Å²) in [5, 5.41) is 3.24. The molecule has 150 valence electrons. The number of hydrogen-bond donors (Lipinski definition) is 1. The molecule has 29 heavy (non-hydrogen) atoms. The summed E-state index contributed by atoms with van der Waals surface area (Å²) in [4.78, 5) is 32.7. The lowest BCUT2D eigenvalue weighted by molar-refractivity contribution is -0.114. The van der Waals surface area contributed by atoms with Gasteiger partial charge in [0.05, 0.1) is 23.0 Å². The summed E-state index contributed by atoms with van der Waals surface area (Å²) in [5.41, 5.74) is 2.47. The Morgan fingerprint density at radius 2 is 1.86 bits per heavy atom. The van der Waals surface area contributed by atoms with Crippen LogP contribution in [0.25, 0.3) is 10.2 Å². The standard InChI is InChI=1S/C21H22N4O3S/c1-14(26)22-21-23-16-8-7-15(13-19(16)29-21)20(27)25-11-9-24(10-12-25)17-5-3-4-6-18(17)28-2/h3-8,13H,9-12H2,1-2H3,(H,22,23,26). The van der Waals surface area contributed by atoms with Gasteiger partial charge in [0.2, 0.25) is 5.91 Å². The zero-order valence-corrected chi connectivity index (χ0v) is 17.2. The van der Waals surface area contributed by atoms with Gasteiger partial charge in [0, 0.05) is 38.7 Å². The first-order valence-corrected chi connectivity index (χ1v) is 10.2. The Kier molecular flexibility index (Phi) is 5.35. The monoisotopic (exact) mass is 410 g/mol. The fourth-order valence-corrected chi connectivity index (χ4v) is 4.44. The lowest BCUT2D eigenvalue weighted by Gasteiger charge is -2.36. The largest absolute Gasteiger partial charge is 0.495 e. The van der Waals surface area contributed by atoms with Crippen molar-refractivity contribution >= 4 is 44.2 Å². The van der Waals surface area contributed by atoms with E-state index >= 15 is 0 Å². The Hall–Kier alpha value is -3.13. The third-order valence-corrected chi connectivity index (χ3v) is 5.84. The van der Waals surface area contributed by atoms with Crippen LogP contribution >= 0.6 is 11.3 Å². The van der Waals surface area contributed by atoms with Crippen molar-refractivity contribution in [3.8, 4) is 5.75 Å². The number of piperazine rings is 1. The van der Waals surface area contributed by atoms with Crippen LogP contribution in [0.1, 0.15) is 17.3 Å². The van der Waals surface area contributed by atoms with E-state index in [4.69, 9.17) is 4.74 Å². The van der Waals surface area contributed by atoms with Gasteiger partial charge in [-0.15, -0.1) is 0 Å². The summed E-state index contributed by atoms with van der Waals surface area (Å²) >= 11 is 1.37. The summed E-state index contributed by atoms with van der Waals surface area (Å²) in [7, 11) is 1.67. The molecule has 2 heterocycles. The molecule has 2 amide bonds. The number of fused-ring (bicyclic) bond motifs is 1. The number of thiazole rings is 1. The second-order valence-corrected chi connectivity index (χ2v) is 7.86. The van der Waals surface area contributed by atoms with Gasteiger partial charge >= 0.3 is 0 Å². The molecule has 8 heteroatoms. The first-order chi connectivity index (χ1) is 14.0. The van der Waals surface area contributed by atoms with Crippen molar-refractivity contribution in [3.05, 3.63) is 48.0 Å². The molecule has 7 nitrogen and oxygen atoms in total. The number of para-hydroxylation sites is 2. The number of rotatable bonds is 4. The van der Waals surface area contributed by atoms with Crippen molar-refractivity contribution in [3.63, 3.8) is 0 Å². The molecular formula is C21H22N4O3S. The Bertz CT molecular complexity index is 1060. The van der Waals surface area contributed by atoms with Crippen LogP contribution in [0.15, 0.2) is 42.5 Å². The predicted molar refractivity (Wildman–Crippen MR) is 115 cm³/mol. The minimum atomic E-state index is -0.159. The molecule has 1 aliphatic heterocycles. The summed E-state index contributed by atoms with van der Waals surface area (Å²) in [6, 6.07) is 13.4. The van der Waals surface area contributed by atoms with Crippen molar-refractivity contribution in [1.29, 1.82) is 0 Å². The average Bonchev–Trinajstić information content (AvgIpc) is 3.14. The van der Waals surface area contributed by atoms with Crippen LogP contribution in [0.2, 0.25) is 0 Å².